The molecule has 150 valence electrons. The Morgan fingerprint density at radius 2 is 1.89 bits per heavy atom. The molecular weight excluding hydrogens is 396 g/mol. The molecule has 1 aromatic carbocycles. The van der Waals surface area contributed by atoms with E-state index in [2.05, 4.69) is 11.9 Å². The third-order valence-electron chi connectivity index (χ3n) is 5.06. The van der Waals surface area contributed by atoms with Crippen molar-refractivity contribution in [2.45, 2.75) is 44.4 Å². The maximum atomic E-state index is 12.8. The molecule has 3 rings (SSSR count). The number of likely N-dealkylation sites (N-methyl/N-ethyl adjacent to an activating group) is 2. The van der Waals surface area contributed by atoms with Crippen LogP contribution >= 0.6 is 23.4 Å². The van der Waals surface area contributed by atoms with Crippen molar-refractivity contribution in [1.29, 1.82) is 0 Å². The van der Waals surface area contributed by atoms with Crippen LogP contribution in [0.5, 0.6) is 0 Å². The molecule has 1 atom stereocenters. The Labute approximate surface area is 175 Å². The van der Waals surface area contributed by atoms with Gasteiger partial charge in [0, 0.05) is 24.9 Å². The summed E-state index contributed by atoms with van der Waals surface area (Å²) in [5.41, 5.74) is 1.02. The summed E-state index contributed by atoms with van der Waals surface area (Å²) in [7, 11) is 3.20. The zero-order chi connectivity index (χ0) is 20.3. The van der Waals surface area contributed by atoms with Gasteiger partial charge >= 0.3 is 11.2 Å². The van der Waals surface area contributed by atoms with E-state index in [-0.39, 0.29) is 11.9 Å². The number of benzene rings is 1. The zero-order valence-corrected chi connectivity index (χ0v) is 18.1. The molecule has 2 aliphatic heterocycles. The maximum absolute atomic E-state index is 12.8. The van der Waals surface area contributed by atoms with Crippen molar-refractivity contribution >= 4 is 46.3 Å². The SMILES string of the molecule is CCCCCC[N+]1=C(SCc2ccccc2Cl)N=C2C1C(=O)N(C)C(=O)N2C. The van der Waals surface area contributed by atoms with Crippen LogP contribution in [0.15, 0.2) is 29.3 Å². The number of aliphatic imine (C=N–C) groups is 1. The summed E-state index contributed by atoms with van der Waals surface area (Å²) < 4.78 is 2.05. The number of urea groups is 1. The molecule has 1 unspecified atom stereocenters. The fourth-order valence-corrected chi connectivity index (χ4v) is 4.72. The number of amidine groups is 2. The lowest BCUT2D eigenvalue weighted by Gasteiger charge is -2.30. The molecular formula is C20H26ClN4O2S+. The van der Waals surface area contributed by atoms with Gasteiger partial charge in [-0.25, -0.2) is 9.37 Å². The molecule has 2 aliphatic rings. The molecule has 0 radical (unpaired) electrons. The summed E-state index contributed by atoms with van der Waals surface area (Å²) in [6.07, 6.45) is 4.41. The van der Waals surface area contributed by atoms with E-state index in [1.54, 1.807) is 18.8 Å². The van der Waals surface area contributed by atoms with Gasteiger partial charge in [0.05, 0.1) is 6.54 Å². The molecule has 0 N–H and O–H groups in total. The van der Waals surface area contributed by atoms with Crippen LogP contribution in [-0.4, -0.2) is 64.0 Å². The highest BCUT2D eigenvalue weighted by Gasteiger charge is 2.52. The standard InChI is InChI=1S/C20H26ClN4O2S/c1-4-5-6-9-12-25-16-17(23(2)20(27)24(3)18(16)26)22-19(25)28-13-14-10-7-8-11-15(14)21/h7-8,10-11,16H,4-6,9,12-13H2,1-3H3/q+1. The van der Waals surface area contributed by atoms with E-state index in [1.165, 1.54) is 23.3 Å². The Morgan fingerprint density at radius 1 is 1.14 bits per heavy atom. The van der Waals surface area contributed by atoms with E-state index in [0.717, 1.165) is 41.6 Å². The van der Waals surface area contributed by atoms with Gasteiger partial charge in [-0.2, -0.15) is 0 Å². The highest BCUT2D eigenvalue weighted by Crippen LogP contribution is 2.27. The number of thioether (sulfide) groups is 1. The van der Waals surface area contributed by atoms with Crippen LogP contribution < -0.4 is 0 Å². The van der Waals surface area contributed by atoms with Crippen molar-refractivity contribution in [3.05, 3.63) is 34.9 Å². The first-order chi connectivity index (χ1) is 13.5. The zero-order valence-electron chi connectivity index (χ0n) is 16.5. The molecule has 1 saturated heterocycles. The van der Waals surface area contributed by atoms with Crippen LogP contribution in [0, 0.1) is 0 Å². The summed E-state index contributed by atoms with van der Waals surface area (Å²) in [4.78, 5) is 32.5. The van der Waals surface area contributed by atoms with Gasteiger partial charge in [-0.1, -0.05) is 49.6 Å². The highest BCUT2D eigenvalue weighted by molar-refractivity contribution is 8.13. The van der Waals surface area contributed by atoms with E-state index >= 15 is 0 Å². The smallest absolute Gasteiger partial charge is 0.269 e. The van der Waals surface area contributed by atoms with Gasteiger partial charge in [0.1, 0.15) is 0 Å². The van der Waals surface area contributed by atoms with Crippen molar-refractivity contribution in [2.24, 2.45) is 4.99 Å². The molecule has 28 heavy (non-hydrogen) atoms. The summed E-state index contributed by atoms with van der Waals surface area (Å²) in [5.74, 6) is 0.960. The maximum Gasteiger partial charge on any atom is 0.358 e. The molecule has 8 heteroatoms. The third kappa shape index (κ3) is 4.10. The van der Waals surface area contributed by atoms with Crippen LogP contribution in [-0.2, 0) is 10.5 Å². The number of amides is 3. The normalized spacial score (nSPS) is 19.4. The average molecular weight is 422 g/mol. The first-order valence-electron chi connectivity index (χ1n) is 9.59. The lowest BCUT2D eigenvalue weighted by molar-refractivity contribution is -0.533. The second-order valence-corrected chi connectivity index (χ2v) is 8.38. The second-order valence-electron chi connectivity index (χ2n) is 7.03. The van der Waals surface area contributed by atoms with E-state index in [4.69, 9.17) is 11.6 Å². The third-order valence-corrected chi connectivity index (χ3v) is 6.47. The fourth-order valence-electron chi connectivity index (χ4n) is 3.38. The largest absolute Gasteiger partial charge is 0.358 e. The van der Waals surface area contributed by atoms with Gasteiger partial charge in [-0.05, 0) is 41.2 Å². The van der Waals surface area contributed by atoms with Crippen LogP contribution in [0.4, 0.5) is 4.79 Å². The molecule has 1 fully saturated rings. The van der Waals surface area contributed by atoms with Gasteiger partial charge in [0.25, 0.3) is 17.8 Å². The molecule has 3 amide bonds. The lowest BCUT2D eigenvalue weighted by atomic mass is 10.1. The molecule has 0 spiro atoms. The van der Waals surface area contributed by atoms with E-state index in [1.807, 2.05) is 28.8 Å². The monoisotopic (exact) mass is 421 g/mol. The van der Waals surface area contributed by atoms with Crippen molar-refractivity contribution in [1.82, 2.24) is 9.80 Å². The van der Waals surface area contributed by atoms with Crippen LogP contribution in [0.25, 0.3) is 0 Å². The molecule has 0 aliphatic carbocycles. The van der Waals surface area contributed by atoms with Crippen LogP contribution in [0.2, 0.25) is 5.02 Å². The van der Waals surface area contributed by atoms with Crippen molar-refractivity contribution < 1.29 is 14.2 Å². The first-order valence-corrected chi connectivity index (χ1v) is 11.0. The Hall–Kier alpha value is -1.86. The lowest BCUT2D eigenvalue weighted by Crippen LogP contribution is -2.61. The number of fused-ring (bicyclic) bond motifs is 1. The number of carbonyl (C=O) groups is 2. The Morgan fingerprint density at radius 3 is 2.61 bits per heavy atom. The first kappa shape index (κ1) is 20.9. The Bertz CT molecular complexity index is 839. The number of carbonyl (C=O) groups excluding carboxylic acids is 2. The van der Waals surface area contributed by atoms with E-state index in [9.17, 15) is 9.59 Å². The van der Waals surface area contributed by atoms with Crippen LogP contribution in [0.1, 0.15) is 38.2 Å². The summed E-state index contributed by atoms with van der Waals surface area (Å²) in [6, 6.07) is 6.86. The number of unbranched alkanes of at least 4 members (excludes halogenated alkanes) is 3. The number of hydrogen-bond acceptors (Lipinski definition) is 4. The summed E-state index contributed by atoms with van der Waals surface area (Å²) in [6.45, 7) is 2.92. The highest BCUT2D eigenvalue weighted by atomic mass is 35.5. The number of hydrogen-bond donors (Lipinski definition) is 0. The Balaban J connectivity index is 1.86. The summed E-state index contributed by atoms with van der Waals surface area (Å²) >= 11 is 7.84. The molecule has 0 bridgehead atoms. The van der Waals surface area contributed by atoms with E-state index < -0.39 is 6.04 Å². The van der Waals surface area contributed by atoms with Gasteiger partial charge < -0.3 is 0 Å². The minimum atomic E-state index is -0.525. The van der Waals surface area contributed by atoms with Gasteiger partial charge in [-0.3, -0.25) is 14.6 Å². The second kappa shape index (κ2) is 9.09. The topological polar surface area (TPSA) is 56.0 Å². The van der Waals surface area contributed by atoms with E-state index in [0.29, 0.717) is 11.6 Å². The number of halogens is 1. The summed E-state index contributed by atoms with van der Waals surface area (Å²) in [5, 5.41) is 1.50. The molecule has 6 nitrogen and oxygen atoms in total. The molecule has 1 aromatic rings. The van der Waals surface area contributed by atoms with Crippen molar-refractivity contribution in [2.75, 3.05) is 20.6 Å². The molecule has 0 saturated carbocycles. The number of rotatable bonds is 7. The van der Waals surface area contributed by atoms with Gasteiger partial charge in [0.15, 0.2) is 0 Å². The van der Waals surface area contributed by atoms with Gasteiger partial charge in [-0.15, -0.1) is 0 Å². The van der Waals surface area contributed by atoms with Crippen molar-refractivity contribution in [3.63, 3.8) is 0 Å². The van der Waals surface area contributed by atoms with Crippen molar-refractivity contribution in [3.8, 4) is 0 Å². The number of nitrogens with zero attached hydrogens (tertiary/aromatic N) is 4. The number of imide groups is 1. The average Bonchev–Trinajstić information content (AvgIpc) is 3.06. The molecule has 0 aromatic heterocycles. The predicted octanol–water partition coefficient (Wildman–Crippen LogP) is 3.83. The fraction of sp³-hybridized carbons (Fsp3) is 0.500. The Kier molecular flexibility index (Phi) is 6.78. The minimum absolute atomic E-state index is 0.217. The quantitative estimate of drug-likeness (QED) is 0.496. The molecule has 2 heterocycles. The van der Waals surface area contributed by atoms with Gasteiger partial charge in [0.2, 0.25) is 0 Å². The van der Waals surface area contributed by atoms with Crippen LogP contribution in [0.3, 0.4) is 0 Å². The minimum Gasteiger partial charge on any atom is -0.269 e. The predicted molar refractivity (Wildman–Crippen MR) is 114 cm³/mol.